The highest BCUT2D eigenvalue weighted by Gasteiger charge is 2.12. The molecule has 0 bridgehead atoms. The predicted molar refractivity (Wildman–Crippen MR) is 90.6 cm³/mol. The molecule has 3 aromatic rings. The Hall–Kier alpha value is -2.60. The first kappa shape index (κ1) is 15.3. The minimum Gasteiger partial charge on any atom is -0.478 e. The predicted octanol–water partition coefficient (Wildman–Crippen LogP) is 3.56. The van der Waals surface area contributed by atoms with Crippen LogP contribution in [0.5, 0.6) is 0 Å². The van der Waals surface area contributed by atoms with E-state index >= 15 is 0 Å². The highest BCUT2D eigenvalue weighted by Crippen LogP contribution is 2.20. The van der Waals surface area contributed by atoms with Gasteiger partial charge in [0.05, 0.1) is 5.56 Å². The third-order valence-electron chi connectivity index (χ3n) is 3.59. The van der Waals surface area contributed by atoms with E-state index in [4.69, 9.17) is 5.11 Å². The number of carbonyl (C=O) groups is 2. The van der Waals surface area contributed by atoms with Gasteiger partial charge in [-0.15, -0.1) is 0 Å². The Morgan fingerprint density at radius 3 is 2.74 bits per heavy atom. The Bertz CT molecular complexity index is 902. The second kappa shape index (κ2) is 6.26. The summed E-state index contributed by atoms with van der Waals surface area (Å²) >= 11 is 3.17. The number of nitrogens with one attached hydrogen (secondary N) is 2. The quantitative estimate of drug-likeness (QED) is 0.654. The molecule has 2 aromatic carbocycles. The molecule has 116 valence electrons. The monoisotopic (exact) mass is 372 g/mol. The highest BCUT2D eigenvalue weighted by atomic mass is 79.9. The number of fused-ring (bicyclic) bond motifs is 1. The highest BCUT2D eigenvalue weighted by molar-refractivity contribution is 9.10. The van der Waals surface area contributed by atoms with Crippen LogP contribution in [0.25, 0.3) is 10.9 Å². The van der Waals surface area contributed by atoms with Crippen molar-refractivity contribution in [1.29, 1.82) is 0 Å². The lowest BCUT2D eigenvalue weighted by molar-refractivity contribution is 0.0695. The van der Waals surface area contributed by atoms with Crippen molar-refractivity contribution in [2.75, 3.05) is 0 Å². The molecule has 0 saturated heterocycles. The number of hydrogen-bond acceptors (Lipinski definition) is 2. The molecule has 0 fully saturated rings. The van der Waals surface area contributed by atoms with Crippen molar-refractivity contribution in [2.24, 2.45) is 0 Å². The van der Waals surface area contributed by atoms with Crippen LogP contribution in [-0.2, 0) is 6.54 Å². The molecule has 1 heterocycles. The molecule has 0 spiro atoms. The minimum absolute atomic E-state index is 0.124. The molecule has 1 aromatic heterocycles. The lowest BCUT2D eigenvalue weighted by Gasteiger charge is -2.08. The van der Waals surface area contributed by atoms with E-state index in [1.54, 1.807) is 0 Å². The average Bonchev–Trinajstić information content (AvgIpc) is 3.01. The van der Waals surface area contributed by atoms with Crippen molar-refractivity contribution in [2.45, 2.75) is 6.54 Å². The van der Waals surface area contributed by atoms with Gasteiger partial charge in [-0.2, -0.15) is 0 Å². The van der Waals surface area contributed by atoms with E-state index in [2.05, 4.69) is 26.2 Å². The van der Waals surface area contributed by atoms with Gasteiger partial charge in [-0.25, -0.2) is 4.79 Å². The summed E-state index contributed by atoms with van der Waals surface area (Å²) in [6.45, 7) is 0.395. The number of aromatic amines is 1. The summed E-state index contributed by atoms with van der Waals surface area (Å²) in [5, 5.41) is 12.9. The molecule has 1 amide bonds. The van der Waals surface area contributed by atoms with Crippen LogP contribution >= 0.6 is 15.9 Å². The number of carboxylic acids is 1. The molecule has 0 unspecified atom stereocenters. The van der Waals surface area contributed by atoms with E-state index in [1.807, 2.05) is 30.5 Å². The summed E-state index contributed by atoms with van der Waals surface area (Å²) in [4.78, 5) is 26.3. The standard InChI is InChI=1S/C17H13BrN2O3/c18-14-8-10(4-5-13(14)17(22)23)16(21)20-9-11-2-1-3-15-12(11)6-7-19-15/h1-8,19H,9H2,(H,20,21)(H,22,23). The molecule has 0 radical (unpaired) electrons. The van der Waals surface area contributed by atoms with Crippen molar-refractivity contribution >= 4 is 38.7 Å². The molecular formula is C17H13BrN2O3. The van der Waals surface area contributed by atoms with Gasteiger partial charge < -0.3 is 15.4 Å². The largest absolute Gasteiger partial charge is 0.478 e. The van der Waals surface area contributed by atoms with Crippen molar-refractivity contribution in [3.05, 3.63) is 69.8 Å². The van der Waals surface area contributed by atoms with Crippen LogP contribution in [0.4, 0.5) is 0 Å². The zero-order chi connectivity index (χ0) is 16.4. The van der Waals surface area contributed by atoms with Gasteiger partial charge in [-0.3, -0.25) is 4.79 Å². The lowest BCUT2D eigenvalue weighted by atomic mass is 10.1. The average molecular weight is 373 g/mol. The van der Waals surface area contributed by atoms with Gasteiger partial charge in [0.25, 0.3) is 5.91 Å². The van der Waals surface area contributed by atoms with Gasteiger partial charge in [0.15, 0.2) is 0 Å². The number of carbonyl (C=O) groups excluding carboxylic acids is 1. The number of aromatic carboxylic acids is 1. The van der Waals surface area contributed by atoms with Crippen LogP contribution in [0.1, 0.15) is 26.3 Å². The smallest absolute Gasteiger partial charge is 0.336 e. The van der Waals surface area contributed by atoms with Gasteiger partial charge in [-0.1, -0.05) is 12.1 Å². The fourth-order valence-corrected chi connectivity index (χ4v) is 2.96. The number of aromatic nitrogens is 1. The number of rotatable bonds is 4. The van der Waals surface area contributed by atoms with E-state index < -0.39 is 5.97 Å². The summed E-state index contributed by atoms with van der Waals surface area (Å²) in [5.74, 6) is -1.29. The molecule has 0 aliphatic rings. The first-order chi connectivity index (χ1) is 11.1. The maximum atomic E-state index is 12.2. The first-order valence-corrected chi connectivity index (χ1v) is 7.71. The van der Waals surface area contributed by atoms with Gasteiger partial charge in [0.2, 0.25) is 0 Å². The molecule has 0 aliphatic carbocycles. The molecule has 6 heteroatoms. The van der Waals surface area contributed by atoms with Gasteiger partial charge in [0.1, 0.15) is 0 Å². The molecular weight excluding hydrogens is 360 g/mol. The van der Waals surface area contributed by atoms with Crippen LogP contribution in [-0.4, -0.2) is 22.0 Å². The Labute approximate surface area is 140 Å². The van der Waals surface area contributed by atoms with Crippen LogP contribution in [0.3, 0.4) is 0 Å². The number of amides is 1. The van der Waals surface area contributed by atoms with Crippen molar-refractivity contribution in [3.8, 4) is 0 Å². The van der Waals surface area contributed by atoms with Crippen molar-refractivity contribution in [3.63, 3.8) is 0 Å². The summed E-state index contributed by atoms with van der Waals surface area (Å²) in [6.07, 6.45) is 1.86. The maximum Gasteiger partial charge on any atom is 0.336 e. The van der Waals surface area contributed by atoms with Crippen LogP contribution in [0.15, 0.2) is 53.1 Å². The molecule has 0 saturated carbocycles. The summed E-state index contributed by atoms with van der Waals surface area (Å²) in [6, 6.07) is 12.3. The Morgan fingerprint density at radius 1 is 1.17 bits per heavy atom. The minimum atomic E-state index is -1.04. The van der Waals surface area contributed by atoms with Gasteiger partial charge in [-0.05, 0) is 51.8 Å². The fourth-order valence-electron chi connectivity index (χ4n) is 2.41. The number of hydrogen-bond donors (Lipinski definition) is 3. The molecule has 3 N–H and O–H groups in total. The Balaban J connectivity index is 1.76. The SMILES string of the molecule is O=C(NCc1cccc2[nH]ccc12)c1ccc(C(=O)O)c(Br)c1. The van der Waals surface area contributed by atoms with Gasteiger partial charge >= 0.3 is 5.97 Å². The third-order valence-corrected chi connectivity index (χ3v) is 4.24. The molecule has 5 nitrogen and oxygen atoms in total. The van der Waals surface area contributed by atoms with E-state index in [0.29, 0.717) is 16.6 Å². The molecule has 0 aliphatic heterocycles. The van der Waals surface area contributed by atoms with Crippen molar-refractivity contribution in [1.82, 2.24) is 10.3 Å². The Kier molecular flexibility index (Phi) is 4.16. The van der Waals surface area contributed by atoms with Gasteiger partial charge in [0, 0.05) is 33.7 Å². The molecule has 3 rings (SSSR count). The van der Waals surface area contributed by atoms with Crippen LogP contribution in [0.2, 0.25) is 0 Å². The normalized spacial score (nSPS) is 10.7. The van der Waals surface area contributed by atoms with E-state index in [9.17, 15) is 9.59 Å². The molecule has 0 atom stereocenters. The molecule has 23 heavy (non-hydrogen) atoms. The number of H-pyrrole nitrogens is 1. The number of halogens is 1. The van der Waals surface area contributed by atoms with Crippen LogP contribution in [0, 0.1) is 0 Å². The Morgan fingerprint density at radius 2 is 2.00 bits per heavy atom. The topological polar surface area (TPSA) is 82.2 Å². The second-order valence-corrected chi connectivity index (χ2v) is 5.89. The second-order valence-electron chi connectivity index (χ2n) is 5.04. The maximum absolute atomic E-state index is 12.2. The van der Waals surface area contributed by atoms with E-state index in [1.165, 1.54) is 18.2 Å². The fraction of sp³-hybridized carbons (Fsp3) is 0.0588. The van der Waals surface area contributed by atoms with Crippen LogP contribution < -0.4 is 5.32 Å². The van der Waals surface area contributed by atoms with Crippen molar-refractivity contribution < 1.29 is 14.7 Å². The number of carboxylic acid groups (broad SMARTS) is 1. The summed E-state index contributed by atoms with van der Waals surface area (Å²) < 4.78 is 0.380. The summed E-state index contributed by atoms with van der Waals surface area (Å²) in [7, 11) is 0. The zero-order valence-electron chi connectivity index (χ0n) is 12.0. The summed E-state index contributed by atoms with van der Waals surface area (Å²) in [5.41, 5.74) is 2.56. The number of benzene rings is 2. The zero-order valence-corrected chi connectivity index (χ0v) is 13.6. The first-order valence-electron chi connectivity index (χ1n) is 6.92. The van der Waals surface area contributed by atoms with E-state index in [0.717, 1.165) is 16.5 Å². The van der Waals surface area contributed by atoms with E-state index in [-0.39, 0.29) is 11.5 Å². The third kappa shape index (κ3) is 3.12. The lowest BCUT2D eigenvalue weighted by Crippen LogP contribution is -2.23.